The highest BCUT2D eigenvalue weighted by atomic mass is 16.5. The third kappa shape index (κ3) is 3.89. The monoisotopic (exact) mass is 366 g/mol. The molecule has 0 atom stereocenters. The van der Waals surface area contributed by atoms with Gasteiger partial charge in [-0.05, 0) is 49.1 Å². The number of nitrogens with one attached hydrogen (secondary N) is 1. The third-order valence-electron chi connectivity index (χ3n) is 4.87. The Morgan fingerprint density at radius 1 is 1.15 bits per heavy atom. The average molecular weight is 366 g/mol. The van der Waals surface area contributed by atoms with Crippen LogP contribution in [0.15, 0.2) is 42.5 Å². The fourth-order valence-corrected chi connectivity index (χ4v) is 3.27. The van der Waals surface area contributed by atoms with Crippen LogP contribution >= 0.6 is 0 Å². The van der Waals surface area contributed by atoms with Gasteiger partial charge >= 0.3 is 0 Å². The van der Waals surface area contributed by atoms with E-state index in [1.807, 2.05) is 29.2 Å². The summed E-state index contributed by atoms with van der Waals surface area (Å²) in [5, 5.41) is 2.84. The standard InChI is InChI=1S/C21H22N2O4/c1-26-17-3-2-4-18(12-17)27-13-20(24)22-16-8-7-14-9-10-23(19(14)11-16)21(25)15-5-6-15/h2-4,7-8,11-12,15H,5-6,9-10,13H2,1H3,(H,22,24). The van der Waals surface area contributed by atoms with E-state index < -0.39 is 0 Å². The molecule has 2 aromatic carbocycles. The van der Waals surface area contributed by atoms with Gasteiger partial charge in [0, 0.05) is 29.9 Å². The Morgan fingerprint density at radius 3 is 2.74 bits per heavy atom. The molecule has 2 amide bonds. The van der Waals surface area contributed by atoms with Gasteiger partial charge in [-0.15, -0.1) is 0 Å². The van der Waals surface area contributed by atoms with E-state index in [0.29, 0.717) is 17.2 Å². The number of amides is 2. The lowest BCUT2D eigenvalue weighted by atomic mass is 10.1. The summed E-state index contributed by atoms with van der Waals surface area (Å²) < 4.78 is 10.7. The molecule has 1 N–H and O–H groups in total. The van der Waals surface area contributed by atoms with E-state index in [0.717, 1.165) is 37.1 Å². The Balaban J connectivity index is 1.38. The Kier molecular flexibility index (Phi) is 4.71. The van der Waals surface area contributed by atoms with Gasteiger partial charge in [-0.25, -0.2) is 0 Å². The number of carbonyl (C=O) groups excluding carboxylic acids is 2. The van der Waals surface area contributed by atoms with E-state index in [9.17, 15) is 9.59 Å². The van der Waals surface area contributed by atoms with Gasteiger partial charge in [-0.1, -0.05) is 12.1 Å². The van der Waals surface area contributed by atoms with Gasteiger partial charge in [0.05, 0.1) is 7.11 Å². The first-order valence-electron chi connectivity index (χ1n) is 9.15. The molecule has 1 saturated carbocycles. The molecule has 0 bridgehead atoms. The summed E-state index contributed by atoms with van der Waals surface area (Å²) in [5.74, 6) is 1.38. The highest BCUT2D eigenvalue weighted by molar-refractivity contribution is 5.99. The van der Waals surface area contributed by atoms with Crippen LogP contribution in [0.2, 0.25) is 0 Å². The molecule has 1 aliphatic heterocycles. The molecule has 0 radical (unpaired) electrons. The summed E-state index contributed by atoms with van der Waals surface area (Å²) >= 11 is 0. The van der Waals surface area contributed by atoms with Crippen molar-refractivity contribution in [1.82, 2.24) is 0 Å². The SMILES string of the molecule is COc1cccc(OCC(=O)Nc2ccc3c(c2)N(C(=O)C2CC2)CC3)c1. The summed E-state index contributed by atoms with van der Waals surface area (Å²) in [5.41, 5.74) is 2.73. The number of anilines is 2. The van der Waals surface area contributed by atoms with Crippen LogP contribution in [0.25, 0.3) is 0 Å². The van der Waals surface area contributed by atoms with E-state index in [-0.39, 0.29) is 24.3 Å². The number of hydrogen-bond acceptors (Lipinski definition) is 4. The number of nitrogens with zero attached hydrogens (tertiary/aromatic N) is 1. The summed E-state index contributed by atoms with van der Waals surface area (Å²) in [4.78, 5) is 26.5. The highest BCUT2D eigenvalue weighted by Gasteiger charge is 2.36. The minimum absolute atomic E-state index is 0.102. The smallest absolute Gasteiger partial charge is 0.262 e. The molecule has 0 spiro atoms. The molecule has 2 aliphatic rings. The molecular weight excluding hydrogens is 344 g/mol. The molecule has 0 unspecified atom stereocenters. The van der Waals surface area contributed by atoms with Gasteiger partial charge < -0.3 is 19.7 Å². The van der Waals surface area contributed by atoms with Crippen LogP contribution in [-0.4, -0.2) is 32.1 Å². The number of ether oxygens (including phenoxy) is 2. The first-order valence-corrected chi connectivity index (χ1v) is 9.15. The molecule has 0 aromatic heterocycles. The van der Waals surface area contributed by atoms with E-state index in [2.05, 4.69) is 5.32 Å². The van der Waals surface area contributed by atoms with Gasteiger partial charge in [-0.3, -0.25) is 9.59 Å². The molecule has 6 heteroatoms. The van der Waals surface area contributed by atoms with Crippen LogP contribution in [0, 0.1) is 5.92 Å². The Morgan fingerprint density at radius 2 is 1.96 bits per heavy atom. The molecule has 1 heterocycles. The molecule has 6 nitrogen and oxygen atoms in total. The number of carbonyl (C=O) groups is 2. The van der Waals surface area contributed by atoms with Gasteiger partial charge in [0.15, 0.2) is 6.61 Å². The van der Waals surface area contributed by atoms with E-state index >= 15 is 0 Å². The molecule has 27 heavy (non-hydrogen) atoms. The van der Waals surface area contributed by atoms with Crippen molar-refractivity contribution in [3.8, 4) is 11.5 Å². The van der Waals surface area contributed by atoms with E-state index in [4.69, 9.17) is 9.47 Å². The van der Waals surface area contributed by atoms with Gasteiger partial charge in [0.2, 0.25) is 5.91 Å². The molecule has 140 valence electrons. The normalized spacial score (nSPS) is 15.2. The Hall–Kier alpha value is -3.02. The van der Waals surface area contributed by atoms with Crippen molar-refractivity contribution in [3.05, 3.63) is 48.0 Å². The number of hydrogen-bond donors (Lipinski definition) is 1. The van der Waals surface area contributed by atoms with E-state index in [1.54, 1.807) is 25.3 Å². The second-order valence-corrected chi connectivity index (χ2v) is 6.87. The summed E-state index contributed by atoms with van der Waals surface area (Å²) in [7, 11) is 1.58. The van der Waals surface area contributed by atoms with Crippen molar-refractivity contribution in [1.29, 1.82) is 0 Å². The first-order chi connectivity index (χ1) is 13.1. The maximum absolute atomic E-state index is 12.4. The minimum atomic E-state index is -0.254. The number of fused-ring (bicyclic) bond motifs is 1. The van der Waals surface area contributed by atoms with Crippen LogP contribution in [-0.2, 0) is 16.0 Å². The predicted molar refractivity (Wildman–Crippen MR) is 102 cm³/mol. The third-order valence-corrected chi connectivity index (χ3v) is 4.87. The van der Waals surface area contributed by atoms with Crippen LogP contribution in [0.1, 0.15) is 18.4 Å². The van der Waals surface area contributed by atoms with Gasteiger partial charge in [-0.2, -0.15) is 0 Å². The van der Waals surface area contributed by atoms with Crippen LogP contribution in [0.5, 0.6) is 11.5 Å². The van der Waals surface area contributed by atoms with Crippen LogP contribution in [0.3, 0.4) is 0 Å². The molecule has 4 rings (SSSR count). The van der Waals surface area contributed by atoms with Crippen molar-refractivity contribution >= 4 is 23.2 Å². The van der Waals surface area contributed by atoms with Crippen molar-refractivity contribution in [2.75, 3.05) is 30.5 Å². The lowest BCUT2D eigenvalue weighted by molar-refractivity contribution is -0.119. The van der Waals surface area contributed by atoms with Crippen molar-refractivity contribution < 1.29 is 19.1 Å². The van der Waals surface area contributed by atoms with Crippen LogP contribution in [0.4, 0.5) is 11.4 Å². The zero-order chi connectivity index (χ0) is 18.8. The lowest BCUT2D eigenvalue weighted by Crippen LogP contribution is -2.30. The second-order valence-electron chi connectivity index (χ2n) is 6.87. The zero-order valence-electron chi connectivity index (χ0n) is 15.2. The van der Waals surface area contributed by atoms with Gasteiger partial charge in [0.25, 0.3) is 5.91 Å². The summed E-state index contributed by atoms with van der Waals surface area (Å²) in [6.45, 7) is 0.621. The lowest BCUT2D eigenvalue weighted by Gasteiger charge is -2.18. The number of benzene rings is 2. The average Bonchev–Trinajstić information content (AvgIpc) is 3.46. The first kappa shape index (κ1) is 17.4. The highest BCUT2D eigenvalue weighted by Crippen LogP contribution is 2.37. The van der Waals surface area contributed by atoms with Crippen molar-refractivity contribution in [3.63, 3.8) is 0 Å². The minimum Gasteiger partial charge on any atom is -0.497 e. The largest absolute Gasteiger partial charge is 0.497 e. The van der Waals surface area contributed by atoms with Crippen molar-refractivity contribution in [2.45, 2.75) is 19.3 Å². The maximum atomic E-state index is 12.4. The number of rotatable bonds is 6. The Bertz CT molecular complexity index is 876. The quantitative estimate of drug-likeness (QED) is 0.853. The second kappa shape index (κ2) is 7.31. The fourth-order valence-electron chi connectivity index (χ4n) is 3.27. The van der Waals surface area contributed by atoms with Crippen molar-refractivity contribution in [2.24, 2.45) is 5.92 Å². The summed E-state index contributed by atoms with van der Waals surface area (Å²) in [6.07, 6.45) is 2.84. The van der Waals surface area contributed by atoms with Crippen LogP contribution < -0.4 is 19.7 Å². The van der Waals surface area contributed by atoms with E-state index in [1.165, 1.54) is 0 Å². The molecule has 0 saturated heterocycles. The van der Waals surface area contributed by atoms with Gasteiger partial charge in [0.1, 0.15) is 11.5 Å². The molecular formula is C21H22N2O4. The Labute approximate surface area is 158 Å². The summed E-state index contributed by atoms with van der Waals surface area (Å²) in [6, 6.07) is 12.8. The zero-order valence-corrected chi connectivity index (χ0v) is 15.2. The topological polar surface area (TPSA) is 67.9 Å². The molecule has 1 aliphatic carbocycles. The predicted octanol–water partition coefficient (Wildman–Crippen LogP) is 3.01. The fraction of sp³-hybridized carbons (Fsp3) is 0.333. The maximum Gasteiger partial charge on any atom is 0.262 e. The molecule has 2 aromatic rings. The number of methoxy groups -OCH3 is 1. The molecule has 1 fully saturated rings.